The van der Waals surface area contributed by atoms with E-state index in [1.54, 1.807) is 34.0 Å². The maximum absolute atomic E-state index is 12.6. The van der Waals surface area contributed by atoms with Crippen molar-refractivity contribution in [3.05, 3.63) is 37.1 Å². The number of aromatic nitrogens is 6. The number of aryl methyl sites for hydroxylation is 1. The largest absolute Gasteiger partial charge is 0.321 e. The van der Waals surface area contributed by atoms with Crippen LogP contribution in [0.1, 0.15) is 19.3 Å². The lowest BCUT2D eigenvalue weighted by atomic mass is 9.89. The molecule has 5 rings (SSSR count). The molecule has 0 bridgehead atoms. The van der Waals surface area contributed by atoms with Crippen LogP contribution in [0.4, 0.5) is 11.6 Å². The second-order valence-electron chi connectivity index (χ2n) is 8.52. The Morgan fingerprint density at radius 3 is 2.75 bits per heavy atom. The Labute approximate surface area is 185 Å². The van der Waals surface area contributed by atoms with Crippen LogP contribution < -0.4 is 5.32 Å². The fourth-order valence-corrected chi connectivity index (χ4v) is 5.90. The van der Waals surface area contributed by atoms with Gasteiger partial charge in [-0.3, -0.25) is 9.36 Å². The molecule has 2 fully saturated rings. The smallest absolute Gasteiger partial charge is 0.227 e. The van der Waals surface area contributed by atoms with Gasteiger partial charge in [0.1, 0.15) is 5.54 Å². The van der Waals surface area contributed by atoms with Crippen molar-refractivity contribution in [1.82, 2.24) is 33.8 Å². The monoisotopic (exact) mass is 453 g/mol. The maximum Gasteiger partial charge on any atom is 0.227 e. The average molecular weight is 454 g/mol. The molecule has 0 unspecified atom stereocenters. The van der Waals surface area contributed by atoms with Gasteiger partial charge < -0.3 is 5.32 Å². The van der Waals surface area contributed by atoms with Gasteiger partial charge in [-0.2, -0.15) is 19.8 Å². The van der Waals surface area contributed by atoms with E-state index in [1.165, 1.54) is 4.31 Å². The molecular formula is C20H23N9O2S. The van der Waals surface area contributed by atoms with Crippen molar-refractivity contribution in [2.24, 2.45) is 13.0 Å². The number of anilines is 2. The van der Waals surface area contributed by atoms with E-state index in [2.05, 4.69) is 31.6 Å². The first-order chi connectivity index (χ1) is 15.4. The van der Waals surface area contributed by atoms with Crippen molar-refractivity contribution in [3.63, 3.8) is 0 Å². The van der Waals surface area contributed by atoms with Crippen LogP contribution in [-0.2, 0) is 22.6 Å². The highest BCUT2D eigenvalue weighted by atomic mass is 32.2. The summed E-state index contributed by atoms with van der Waals surface area (Å²) in [5.74, 6) is 0.915. The van der Waals surface area contributed by atoms with E-state index in [0.29, 0.717) is 11.6 Å². The lowest BCUT2D eigenvalue weighted by Gasteiger charge is -2.47. The zero-order valence-corrected chi connectivity index (χ0v) is 18.4. The van der Waals surface area contributed by atoms with Crippen LogP contribution in [0.3, 0.4) is 0 Å². The Bertz CT molecular complexity index is 1280. The van der Waals surface area contributed by atoms with Gasteiger partial charge in [0, 0.05) is 44.3 Å². The Hall–Kier alpha value is -3.30. The lowest BCUT2D eigenvalue weighted by Crippen LogP contribution is -2.64. The molecule has 3 aromatic heterocycles. The number of hydrogen-bond acceptors (Lipinski definition) is 8. The van der Waals surface area contributed by atoms with Crippen LogP contribution in [0.5, 0.6) is 0 Å². The SMILES string of the molecule is Cn1cc(Nc2nccc(-c3cnn(C4(CC#N)CN(S(=O)(=O)CC5CC5)C4)c3)n2)cn1. The minimum absolute atomic E-state index is 0.182. The van der Waals surface area contributed by atoms with Crippen LogP contribution in [0.15, 0.2) is 37.1 Å². The summed E-state index contributed by atoms with van der Waals surface area (Å²) >= 11 is 0. The molecule has 2 aliphatic rings. The highest BCUT2D eigenvalue weighted by Gasteiger charge is 2.51. The first-order valence-corrected chi connectivity index (χ1v) is 12.0. The van der Waals surface area contributed by atoms with Gasteiger partial charge in [-0.1, -0.05) is 0 Å². The number of sulfonamides is 1. The highest BCUT2D eigenvalue weighted by molar-refractivity contribution is 7.89. The second-order valence-corrected chi connectivity index (χ2v) is 10.5. The third-order valence-corrected chi connectivity index (χ3v) is 7.80. The summed E-state index contributed by atoms with van der Waals surface area (Å²) in [6, 6.07) is 3.97. The minimum atomic E-state index is -3.29. The third-order valence-electron chi connectivity index (χ3n) is 5.87. The molecule has 3 aromatic rings. The molecule has 0 spiro atoms. The predicted octanol–water partition coefficient (Wildman–Crippen LogP) is 1.48. The van der Waals surface area contributed by atoms with E-state index >= 15 is 0 Å². The highest BCUT2D eigenvalue weighted by Crippen LogP contribution is 2.38. The van der Waals surface area contributed by atoms with Crippen LogP contribution in [-0.4, -0.2) is 61.1 Å². The van der Waals surface area contributed by atoms with Gasteiger partial charge in [-0.15, -0.1) is 0 Å². The van der Waals surface area contributed by atoms with Gasteiger partial charge >= 0.3 is 0 Å². The summed E-state index contributed by atoms with van der Waals surface area (Å²) in [4.78, 5) is 8.79. The van der Waals surface area contributed by atoms with Gasteiger partial charge in [0.05, 0.1) is 42.0 Å². The molecule has 166 valence electrons. The number of nitrogens with one attached hydrogen (secondary N) is 1. The summed E-state index contributed by atoms with van der Waals surface area (Å²) in [6.45, 7) is 0.517. The molecule has 1 saturated heterocycles. The van der Waals surface area contributed by atoms with E-state index < -0.39 is 15.6 Å². The van der Waals surface area contributed by atoms with Gasteiger partial charge in [-0.25, -0.2) is 18.4 Å². The molecule has 1 aliphatic carbocycles. The summed E-state index contributed by atoms with van der Waals surface area (Å²) in [6.07, 6.45) is 10.8. The molecule has 0 atom stereocenters. The van der Waals surface area contributed by atoms with Crippen LogP contribution in [0.2, 0.25) is 0 Å². The number of rotatable bonds is 8. The molecular weight excluding hydrogens is 430 g/mol. The molecule has 0 radical (unpaired) electrons. The second kappa shape index (κ2) is 7.68. The normalized spacial score (nSPS) is 18.1. The van der Waals surface area contributed by atoms with Crippen molar-refractivity contribution in [2.45, 2.75) is 24.8 Å². The summed E-state index contributed by atoms with van der Waals surface area (Å²) in [5, 5.41) is 21.1. The average Bonchev–Trinajstić information content (AvgIpc) is 3.21. The van der Waals surface area contributed by atoms with E-state index in [4.69, 9.17) is 0 Å². The lowest BCUT2D eigenvalue weighted by molar-refractivity contribution is 0.0716. The number of nitrogens with zero attached hydrogens (tertiary/aromatic N) is 8. The molecule has 12 heteroatoms. The van der Waals surface area contributed by atoms with E-state index in [9.17, 15) is 13.7 Å². The van der Waals surface area contributed by atoms with Gasteiger partial charge in [0.15, 0.2) is 0 Å². The van der Waals surface area contributed by atoms with Crippen molar-refractivity contribution in [3.8, 4) is 17.3 Å². The quantitative estimate of drug-likeness (QED) is 0.542. The first kappa shape index (κ1) is 20.6. The van der Waals surface area contributed by atoms with E-state index in [-0.39, 0.29) is 31.2 Å². The van der Waals surface area contributed by atoms with Crippen molar-refractivity contribution < 1.29 is 8.42 Å². The first-order valence-electron chi connectivity index (χ1n) is 10.4. The Kier molecular flexibility index (Phi) is 4.94. The fourth-order valence-electron chi connectivity index (χ4n) is 3.89. The molecule has 4 heterocycles. The van der Waals surface area contributed by atoms with Gasteiger partial charge in [0.2, 0.25) is 16.0 Å². The van der Waals surface area contributed by atoms with Crippen molar-refractivity contribution in [2.75, 3.05) is 24.2 Å². The minimum Gasteiger partial charge on any atom is -0.321 e. The van der Waals surface area contributed by atoms with Gasteiger partial charge in [0.25, 0.3) is 0 Å². The zero-order valence-electron chi connectivity index (χ0n) is 17.6. The molecule has 1 aliphatic heterocycles. The van der Waals surface area contributed by atoms with Crippen molar-refractivity contribution in [1.29, 1.82) is 5.26 Å². The van der Waals surface area contributed by atoms with Crippen LogP contribution in [0.25, 0.3) is 11.3 Å². The number of nitriles is 1. The molecule has 0 aromatic carbocycles. The van der Waals surface area contributed by atoms with E-state index in [1.807, 2.05) is 19.4 Å². The topological polar surface area (TPSA) is 135 Å². The Balaban J connectivity index is 1.34. The summed E-state index contributed by atoms with van der Waals surface area (Å²) < 4.78 is 30.0. The molecule has 32 heavy (non-hydrogen) atoms. The summed E-state index contributed by atoms with van der Waals surface area (Å²) in [5.41, 5.74) is 1.55. The van der Waals surface area contributed by atoms with Crippen molar-refractivity contribution >= 4 is 21.7 Å². The third kappa shape index (κ3) is 3.96. The number of hydrogen-bond donors (Lipinski definition) is 1. The Morgan fingerprint density at radius 1 is 1.25 bits per heavy atom. The molecule has 0 amide bonds. The van der Waals surface area contributed by atoms with Gasteiger partial charge in [-0.05, 0) is 24.8 Å². The predicted molar refractivity (Wildman–Crippen MR) is 116 cm³/mol. The van der Waals surface area contributed by atoms with Crippen LogP contribution >= 0.6 is 0 Å². The molecule has 11 nitrogen and oxygen atoms in total. The molecule has 1 saturated carbocycles. The zero-order chi connectivity index (χ0) is 22.3. The van der Waals surface area contributed by atoms with Crippen LogP contribution in [0, 0.1) is 17.2 Å². The Morgan fingerprint density at radius 2 is 2.06 bits per heavy atom. The molecule has 1 N–H and O–H groups in total. The standard InChI is InChI=1S/C20H23N9O2S/c1-27-11-17(9-23-27)25-19-22-7-4-18(26-19)16-8-24-29(10-16)20(5-6-21)13-28(14-20)32(30,31)12-15-2-3-15/h4,7-11,15H,2-3,5,12-14H2,1H3,(H,22,25,26). The fraction of sp³-hybridized carbons (Fsp3) is 0.450. The summed E-state index contributed by atoms with van der Waals surface area (Å²) in [7, 11) is -1.46. The maximum atomic E-state index is 12.6. The van der Waals surface area contributed by atoms with E-state index in [0.717, 1.165) is 24.1 Å².